The molecular weight excluding hydrogens is 182 g/mol. The second-order valence-electron chi connectivity index (χ2n) is 5.01. The molecule has 1 heterocycles. The lowest BCUT2D eigenvalue weighted by Crippen LogP contribution is -2.28. The molecule has 0 aromatic carbocycles. The normalized spacial score (nSPS) is 30.2. The first kappa shape index (κ1) is 12.3. The zero-order chi connectivity index (χ0) is 11.6. The van der Waals surface area contributed by atoms with Crippen molar-refractivity contribution in [3.63, 3.8) is 0 Å². The van der Waals surface area contributed by atoms with E-state index in [-0.39, 0.29) is 0 Å². The fourth-order valence-corrected chi connectivity index (χ4v) is 2.53. The Balaban J connectivity index is 2.82. The molecule has 1 rings (SSSR count). The highest BCUT2D eigenvalue weighted by molar-refractivity contribution is 5.17. The zero-order valence-electron chi connectivity index (χ0n) is 10.3. The van der Waals surface area contributed by atoms with Gasteiger partial charge in [0.25, 0.3) is 0 Å². The molecule has 0 bridgehead atoms. The van der Waals surface area contributed by atoms with Gasteiger partial charge in [0, 0.05) is 12.6 Å². The molecule has 1 nitrogen and oxygen atoms in total. The highest BCUT2D eigenvalue weighted by Crippen LogP contribution is 2.34. The van der Waals surface area contributed by atoms with E-state index < -0.39 is 0 Å². The van der Waals surface area contributed by atoms with Gasteiger partial charge in [0.05, 0.1) is 0 Å². The van der Waals surface area contributed by atoms with Gasteiger partial charge in [0.2, 0.25) is 0 Å². The molecular formula is C14H23N. The monoisotopic (exact) mass is 205 g/mol. The summed E-state index contributed by atoms with van der Waals surface area (Å²) in [5.41, 5.74) is 3.75. The van der Waals surface area contributed by atoms with Crippen molar-refractivity contribution in [2.45, 2.75) is 33.2 Å². The van der Waals surface area contributed by atoms with Gasteiger partial charge < -0.3 is 5.32 Å². The van der Waals surface area contributed by atoms with E-state index in [9.17, 15) is 0 Å². The molecule has 1 saturated heterocycles. The van der Waals surface area contributed by atoms with E-state index in [1.165, 1.54) is 16.7 Å². The van der Waals surface area contributed by atoms with Gasteiger partial charge in [-0.3, -0.25) is 0 Å². The van der Waals surface area contributed by atoms with E-state index in [0.29, 0.717) is 17.9 Å². The molecule has 0 aromatic rings. The van der Waals surface area contributed by atoms with Crippen LogP contribution in [-0.4, -0.2) is 12.6 Å². The van der Waals surface area contributed by atoms with E-state index in [1.807, 2.05) is 0 Å². The number of hydrogen-bond acceptors (Lipinski definition) is 1. The van der Waals surface area contributed by atoms with Crippen LogP contribution in [0.15, 0.2) is 36.5 Å². The highest BCUT2D eigenvalue weighted by Gasteiger charge is 2.35. The van der Waals surface area contributed by atoms with Crippen molar-refractivity contribution in [2.75, 3.05) is 6.54 Å². The Kier molecular flexibility index (Phi) is 3.92. The van der Waals surface area contributed by atoms with Crippen molar-refractivity contribution in [2.24, 2.45) is 11.8 Å². The molecule has 3 atom stereocenters. The van der Waals surface area contributed by atoms with E-state index >= 15 is 0 Å². The summed E-state index contributed by atoms with van der Waals surface area (Å²) in [7, 11) is 0. The number of allylic oxidation sites excluding steroid dienone is 1. The number of hydrogen-bond donors (Lipinski definition) is 1. The quantitative estimate of drug-likeness (QED) is 0.694. The first-order valence-electron chi connectivity index (χ1n) is 5.62. The van der Waals surface area contributed by atoms with Crippen LogP contribution < -0.4 is 5.32 Å². The van der Waals surface area contributed by atoms with Gasteiger partial charge in [0.1, 0.15) is 0 Å². The van der Waals surface area contributed by atoms with Crippen LogP contribution in [0.5, 0.6) is 0 Å². The Labute approximate surface area is 94.0 Å². The smallest absolute Gasteiger partial charge is 0.0312 e. The minimum Gasteiger partial charge on any atom is -0.309 e. The highest BCUT2D eigenvalue weighted by atomic mass is 15.0. The van der Waals surface area contributed by atoms with Gasteiger partial charge in [-0.2, -0.15) is 0 Å². The molecule has 1 N–H and O–H groups in total. The lowest BCUT2D eigenvalue weighted by atomic mass is 9.80. The predicted molar refractivity (Wildman–Crippen MR) is 67.8 cm³/mol. The van der Waals surface area contributed by atoms with Crippen molar-refractivity contribution in [1.29, 1.82) is 0 Å². The van der Waals surface area contributed by atoms with Crippen LogP contribution in [0, 0.1) is 11.8 Å². The fraction of sp³-hybridized carbons (Fsp3) is 0.571. The SMILES string of the molecule is C=C(C)C[C@@H]1C(C(=C)C)NC[C@@H]1C(=C)C. The maximum absolute atomic E-state index is 4.09. The average molecular weight is 205 g/mol. The van der Waals surface area contributed by atoms with Crippen LogP contribution in [-0.2, 0) is 0 Å². The third kappa shape index (κ3) is 2.82. The van der Waals surface area contributed by atoms with Crippen molar-refractivity contribution in [1.82, 2.24) is 5.32 Å². The lowest BCUT2D eigenvalue weighted by Gasteiger charge is -2.24. The predicted octanol–water partition coefficient (Wildman–Crippen LogP) is 3.31. The fourth-order valence-electron chi connectivity index (χ4n) is 2.53. The van der Waals surface area contributed by atoms with Crippen LogP contribution in [0.4, 0.5) is 0 Å². The minimum absolute atomic E-state index is 0.434. The Morgan fingerprint density at radius 3 is 2.13 bits per heavy atom. The molecule has 1 aliphatic rings. The Hall–Kier alpha value is -0.820. The molecule has 0 radical (unpaired) electrons. The van der Waals surface area contributed by atoms with Crippen LogP contribution in [0.3, 0.4) is 0 Å². The second kappa shape index (κ2) is 4.80. The summed E-state index contributed by atoms with van der Waals surface area (Å²) in [6.45, 7) is 19.5. The van der Waals surface area contributed by atoms with E-state index in [0.717, 1.165) is 13.0 Å². The van der Waals surface area contributed by atoms with Crippen molar-refractivity contribution in [3.8, 4) is 0 Å². The van der Waals surface area contributed by atoms with Gasteiger partial charge in [-0.1, -0.05) is 29.9 Å². The summed E-state index contributed by atoms with van der Waals surface area (Å²) in [6, 6.07) is 0.434. The van der Waals surface area contributed by atoms with Gasteiger partial charge >= 0.3 is 0 Å². The summed E-state index contributed by atoms with van der Waals surface area (Å²) < 4.78 is 0. The van der Waals surface area contributed by atoms with Crippen molar-refractivity contribution in [3.05, 3.63) is 36.5 Å². The Bertz CT molecular complexity index is 266. The van der Waals surface area contributed by atoms with E-state index in [4.69, 9.17) is 0 Å². The Morgan fingerprint density at radius 1 is 1.13 bits per heavy atom. The average Bonchev–Trinajstić information content (AvgIpc) is 2.46. The Morgan fingerprint density at radius 2 is 1.73 bits per heavy atom. The molecule has 0 aromatic heterocycles. The van der Waals surface area contributed by atoms with Gasteiger partial charge in [-0.05, 0) is 39.0 Å². The minimum atomic E-state index is 0.434. The number of rotatable bonds is 4. The molecule has 84 valence electrons. The maximum atomic E-state index is 4.09. The molecule has 0 amide bonds. The van der Waals surface area contributed by atoms with E-state index in [1.54, 1.807) is 0 Å². The summed E-state index contributed by atoms with van der Waals surface area (Å²) in [4.78, 5) is 0. The van der Waals surface area contributed by atoms with Gasteiger partial charge in [-0.15, -0.1) is 6.58 Å². The third-order valence-electron chi connectivity index (χ3n) is 3.25. The van der Waals surface area contributed by atoms with Crippen molar-refractivity contribution < 1.29 is 0 Å². The van der Waals surface area contributed by atoms with Crippen LogP contribution in [0.2, 0.25) is 0 Å². The summed E-state index contributed by atoms with van der Waals surface area (Å²) >= 11 is 0. The molecule has 0 saturated carbocycles. The molecule has 1 aliphatic heterocycles. The van der Waals surface area contributed by atoms with Crippen LogP contribution in [0.1, 0.15) is 27.2 Å². The molecule has 1 unspecified atom stereocenters. The summed E-state index contributed by atoms with van der Waals surface area (Å²) in [5.74, 6) is 1.17. The molecule has 0 aliphatic carbocycles. The van der Waals surface area contributed by atoms with Crippen LogP contribution >= 0.6 is 0 Å². The molecule has 1 fully saturated rings. The van der Waals surface area contributed by atoms with E-state index in [2.05, 4.69) is 45.8 Å². The molecule has 15 heavy (non-hydrogen) atoms. The summed E-state index contributed by atoms with van der Waals surface area (Å²) in [6.07, 6.45) is 1.07. The summed E-state index contributed by atoms with van der Waals surface area (Å²) in [5, 5.41) is 3.54. The van der Waals surface area contributed by atoms with Gasteiger partial charge in [0.15, 0.2) is 0 Å². The molecule has 1 heteroatoms. The lowest BCUT2D eigenvalue weighted by molar-refractivity contribution is 0.421. The first-order chi connectivity index (χ1) is 6.93. The van der Waals surface area contributed by atoms with Crippen LogP contribution in [0.25, 0.3) is 0 Å². The standard InChI is InChI=1S/C14H23N/c1-9(2)7-12-13(10(3)4)8-15-14(12)11(5)6/h12-15H,1,3,5,7-8H2,2,4,6H3/t12-,13+,14?/m0/s1. The largest absolute Gasteiger partial charge is 0.309 e. The molecule has 0 spiro atoms. The first-order valence-corrected chi connectivity index (χ1v) is 5.62. The van der Waals surface area contributed by atoms with Crippen molar-refractivity contribution >= 4 is 0 Å². The second-order valence-corrected chi connectivity index (χ2v) is 5.01. The third-order valence-corrected chi connectivity index (χ3v) is 3.25. The topological polar surface area (TPSA) is 12.0 Å². The maximum Gasteiger partial charge on any atom is 0.0312 e. The zero-order valence-corrected chi connectivity index (χ0v) is 10.3. The van der Waals surface area contributed by atoms with Gasteiger partial charge in [-0.25, -0.2) is 0 Å². The number of nitrogens with one attached hydrogen (secondary N) is 1.